The van der Waals surface area contributed by atoms with E-state index in [9.17, 15) is 0 Å². The first-order valence-electron chi connectivity index (χ1n) is 6.65. The van der Waals surface area contributed by atoms with E-state index in [2.05, 4.69) is 26.1 Å². The van der Waals surface area contributed by atoms with Gasteiger partial charge in [0.15, 0.2) is 0 Å². The highest BCUT2D eigenvalue weighted by Gasteiger charge is 2.17. The normalized spacial score (nSPS) is 11.3. The lowest BCUT2D eigenvalue weighted by molar-refractivity contribution is 0.266. The van der Waals surface area contributed by atoms with Crippen LogP contribution >= 0.6 is 0 Å². The first-order chi connectivity index (χ1) is 8.63. The summed E-state index contributed by atoms with van der Waals surface area (Å²) in [6, 6.07) is 7.67. The van der Waals surface area contributed by atoms with Crippen LogP contribution in [0.25, 0.3) is 0 Å². The number of benzene rings is 1. The van der Waals surface area contributed by atoms with Crippen LogP contribution in [0, 0.1) is 0 Å². The second kappa shape index (κ2) is 7.27. The van der Waals surface area contributed by atoms with E-state index >= 15 is 0 Å². The van der Waals surface area contributed by atoms with Gasteiger partial charge in [-0.2, -0.15) is 0 Å². The molecular weight excluding hydrogens is 226 g/mol. The van der Waals surface area contributed by atoms with Crippen LogP contribution in [-0.4, -0.2) is 25.8 Å². The number of ether oxygens (including phenoxy) is 2. The Labute approximate surface area is 110 Å². The predicted molar refractivity (Wildman–Crippen MR) is 75.5 cm³/mol. The lowest BCUT2D eigenvalue weighted by Crippen LogP contribution is -2.43. The van der Waals surface area contributed by atoms with Gasteiger partial charge in [0, 0.05) is 12.1 Å². The number of rotatable bonds is 8. The van der Waals surface area contributed by atoms with E-state index in [4.69, 9.17) is 9.47 Å². The number of hydrogen-bond acceptors (Lipinski definition) is 3. The van der Waals surface area contributed by atoms with Crippen molar-refractivity contribution in [1.82, 2.24) is 5.32 Å². The summed E-state index contributed by atoms with van der Waals surface area (Å²) < 4.78 is 10.8. The van der Waals surface area contributed by atoms with E-state index in [-0.39, 0.29) is 5.54 Å². The van der Waals surface area contributed by atoms with Gasteiger partial charge in [-0.1, -0.05) is 13.8 Å². The molecule has 0 fully saturated rings. The maximum Gasteiger partial charge on any atom is 0.119 e. The largest absolute Gasteiger partial charge is 0.497 e. The monoisotopic (exact) mass is 251 g/mol. The third kappa shape index (κ3) is 4.57. The van der Waals surface area contributed by atoms with Gasteiger partial charge < -0.3 is 14.8 Å². The molecule has 18 heavy (non-hydrogen) atoms. The summed E-state index contributed by atoms with van der Waals surface area (Å²) in [5, 5.41) is 3.54. The second-order valence-electron chi connectivity index (χ2n) is 4.72. The van der Waals surface area contributed by atoms with E-state index in [1.807, 2.05) is 24.3 Å². The molecule has 0 amide bonds. The van der Waals surface area contributed by atoms with Gasteiger partial charge >= 0.3 is 0 Å². The lowest BCUT2D eigenvalue weighted by atomic mass is 9.96. The summed E-state index contributed by atoms with van der Waals surface area (Å²) in [5.41, 5.74) is 0.225. The quantitative estimate of drug-likeness (QED) is 0.719. The van der Waals surface area contributed by atoms with Gasteiger partial charge in [-0.15, -0.1) is 0 Å². The van der Waals surface area contributed by atoms with Crippen LogP contribution in [0.1, 0.15) is 33.6 Å². The molecule has 0 bridgehead atoms. The molecule has 0 aromatic heterocycles. The zero-order valence-electron chi connectivity index (χ0n) is 12.0. The van der Waals surface area contributed by atoms with Gasteiger partial charge in [-0.25, -0.2) is 0 Å². The maximum atomic E-state index is 5.67. The van der Waals surface area contributed by atoms with Crippen LogP contribution in [0.5, 0.6) is 11.5 Å². The van der Waals surface area contributed by atoms with Crippen molar-refractivity contribution in [2.24, 2.45) is 0 Å². The highest BCUT2D eigenvalue weighted by Crippen LogP contribution is 2.17. The van der Waals surface area contributed by atoms with E-state index in [0.29, 0.717) is 6.61 Å². The van der Waals surface area contributed by atoms with Crippen molar-refractivity contribution in [3.8, 4) is 11.5 Å². The Balaban J connectivity index is 2.29. The Morgan fingerprint density at radius 2 is 1.61 bits per heavy atom. The van der Waals surface area contributed by atoms with Gasteiger partial charge in [0.2, 0.25) is 0 Å². The van der Waals surface area contributed by atoms with Crippen LogP contribution in [0.15, 0.2) is 24.3 Å². The van der Waals surface area contributed by atoms with Crippen molar-refractivity contribution in [1.29, 1.82) is 0 Å². The summed E-state index contributed by atoms with van der Waals surface area (Å²) >= 11 is 0. The van der Waals surface area contributed by atoms with E-state index in [1.165, 1.54) is 0 Å². The molecule has 0 heterocycles. The minimum atomic E-state index is 0.225. The van der Waals surface area contributed by atoms with Crippen LogP contribution in [0.3, 0.4) is 0 Å². The van der Waals surface area contributed by atoms with Gasteiger partial charge in [-0.3, -0.25) is 0 Å². The van der Waals surface area contributed by atoms with Crippen molar-refractivity contribution in [2.75, 3.05) is 20.3 Å². The van der Waals surface area contributed by atoms with Crippen molar-refractivity contribution in [2.45, 2.75) is 39.2 Å². The molecule has 3 heteroatoms. The molecule has 0 atom stereocenters. The fourth-order valence-electron chi connectivity index (χ4n) is 1.69. The third-order valence-electron chi connectivity index (χ3n) is 3.54. The topological polar surface area (TPSA) is 30.5 Å². The first-order valence-corrected chi connectivity index (χ1v) is 6.65. The van der Waals surface area contributed by atoms with Crippen molar-refractivity contribution in [3.63, 3.8) is 0 Å². The van der Waals surface area contributed by atoms with E-state index in [1.54, 1.807) is 7.11 Å². The Morgan fingerprint density at radius 1 is 1.06 bits per heavy atom. The zero-order chi connectivity index (χ0) is 13.4. The molecule has 3 nitrogen and oxygen atoms in total. The van der Waals surface area contributed by atoms with E-state index < -0.39 is 0 Å². The van der Waals surface area contributed by atoms with Gasteiger partial charge in [0.05, 0.1) is 7.11 Å². The SMILES string of the molecule is CCC(C)(CC)NCCOc1ccc(OC)cc1. The molecule has 0 radical (unpaired) electrons. The van der Waals surface area contributed by atoms with Gasteiger partial charge in [-0.05, 0) is 44.0 Å². The van der Waals surface area contributed by atoms with Crippen LogP contribution in [0.4, 0.5) is 0 Å². The molecule has 0 aliphatic heterocycles. The Kier molecular flexibility index (Phi) is 5.99. The summed E-state index contributed by atoms with van der Waals surface area (Å²) in [6.45, 7) is 8.22. The molecule has 0 unspecified atom stereocenters. The molecule has 0 saturated carbocycles. The highest BCUT2D eigenvalue weighted by atomic mass is 16.5. The molecule has 0 aliphatic carbocycles. The minimum absolute atomic E-state index is 0.225. The summed E-state index contributed by atoms with van der Waals surface area (Å²) in [5.74, 6) is 1.73. The summed E-state index contributed by atoms with van der Waals surface area (Å²) in [7, 11) is 1.66. The maximum absolute atomic E-state index is 5.67. The third-order valence-corrected chi connectivity index (χ3v) is 3.54. The average Bonchev–Trinajstić information content (AvgIpc) is 2.44. The number of nitrogens with one attached hydrogen (secondary N) is 1. The Morgan fingerprint density at radius 3 is 2.11 bits per heavy atom. The van der Waals surface area contributed by atoms with Gasteiger partial charge in [0.25, 0.3) is 0 Å². The standard InChI is InChI=1S/C15H25NO2/c1-5-15(3,6-2)16-11-12-18-14-9-7-13(17-4)8-10-14/h7-10,16H,5-6,11-12H2,1-4H3. The smallest absolute Gasteiger partial charge is 0.119 e. The molecule has 1 rings (SSSR count). The fourth-order valence-corrected chi connectivity index (χ4v) is 1.69. The molecule has 1 aromatic rings. The summed E-state index contributed by atoms with van der Waals surface area (Å²) in [4.78, 5) is 0. The zero-order valence-corrected chi connectivity index (χ0v) is 12.0. The first kappa shape index (κ1) is 14.8. The minimum Gasteiger partial charge on any atom is -0.497 e. The molecular formula is C15H25NO2. The van der Waals surface area contributed by atoms with Crippen molar-refractivity contribution in [3.05, 3.63) is 24.3 Å². The van der Waals surface area contributed by atoms with Crippen LogP contribution in [-0.2, 0) is 0 Å². The Hall–Kier alpha value is -1.22. The molecule has 1 N–H and O–H groups in total. The van der Waals surface area contributed by atoms with Crippen LogP contribution < -0.4 is 14.8 Å². The molecule has 0 spiro atoms. The molecule has 0 aliphatic rings. The predicted octanol–water partition coefficient (Wildman–Crippen LogP) is 3.24. The summed E-state index contributed by atoms with van der Waals surface area (Å²) in [6.07, 6.45) is 2.26. The molecule has 0 saturated heterocycles. The lowest BCUT2D eigenvalue weighted by Gasteiger charge is -2.28. The Bertz CT molecular complexity index is 331. The van der Waals surface area contributed by atoms with Crippen molar-refractivity contribution >= 4 is 0 Å². The fraction of sp³-hybridized carbons (Fsp3) is 0.600. The second-order valence-corrected chi connectivity index (χ2v) is 4.72. The van der Waals surface area contributed by atoms with E-state index in [0.717, 1.165) is 30.9 Å². The molecule has 102 valence electrons. The number of methoxy groups -OCH3 is 1. The van der Waals surface area contributed by atoms with Crippen LogP contribution in [0.2, 0.25) is 0 Å². The average molecular weight is 251 g/mol. The highest BCUT2D eigenvalue weighted by molar-refractivity contribution is 5.31. The van der Waals surface area contributed by atoms with Gasteiger partial charge in [0.1, 0.15) is 18.1 Å². The molecule has 1 aromatic carbocycles. The van der Waals surface area contributed by atoms with Crippen molar-refractivity contribution < 1.29 is 9.47 Å². The number of hydrogen-bond donors (Lipinski definition) is 1.